The number of nitrogen functional groups attached to an aromatic ring is 1. The van der Waals surface area contributed by atoms with Gasteiger partial charge in [0.2, 0.25) is 5.91 Å². The molecule has 112 valence electrons. The quantitative estimate of drug-likeness (QED) is 0.476. The van der Waals surface area contributed by atoms with Crippen LogP contribution in [0.5, 0.6) is 0 Å². The molecule has 21 heavy (non-hydrogen) atoms. The van der Waals surface area contributed by atoms with Crippen molar-refractivity contribution in [3.05, 3.63) is 33.9 Å². The van der Waals surface area contributed by atoms with Crippen LogP contribution in [0.2, 0.25) is 0 Å². The minimum atomic E-state index is -0.651. The average Bonchev–Trinajstić information content (AvgIpc) is 2.98. The van der Waals surface area contributed by atoms with E-state index in [1.807, 2.05) is 0 Å². The van der Waals surface area contributed by atoms with Gasteiger partial charge in [0, 0.05) is 24.7 Å². The predicted molar refractivity (Wildman–Crippen MR) is 75.7 cm³/mol. The van der Waals surface area contributed by atoms with Gasteiger partial charge < -0.3 is 16.0 Å². The number of nitrogens with two attached hydrogens (primary N) is 1. The molecule has 1 aromatic carbocycles. The Balaban J connectivity index is 1.98. The Kier molecular flexibility index (Phi) is 4.36. The Morgan fingerprint density at radius 1 is 1.33 bits per heavy atom. The highest BCUT2D eigenvalue weighted by atomic mass is 16.6. The number of carbonyl (C=O) groups excluding carboxylic acids is 2. The van der Waals surface area contributed by atoms with E-state index in [4.69, 9.17) is 5.73 Å². The summed E-state index contributed by atoms with van der Waals surface area (Å²) in [7, 11) is 0. The molecule has 8 nitrogen and oxygen atoms in total. The molecule has 8 heteroatoms. The highest BCUT2D eigenvalue weighted by Gasteiger charge is 2.19. The number of hydrogen-bond donors (Lipinski definition) is 2. The molecule has 0 atom stereocenters. The SMILES string of the molecule is Nc1ccc(C(=O)NCC(=O)N2CCCC2)cc1[N+](=O)[O-]. The number of carbonyl (C=O) groups is 2. The second kappa shape index (κ2) is 6.21. The molecule has 0 bridgehead atoms. The molecule has 2 rings (SSSR count). The molecule has 3 N–H and O–H groups in total. The lowest BCUT2D eigenvalue weighted by Crippen LogP contribution is -2.38. The number of nitrogens with zero attached hydrogens (tertiary/aromatic N) is 2. The second-order valence-electron chi connectivity index (χ2n) is 4.80. The minimum Gasteiger partial charge on any atom is -0.393 e. The first-order valence-electron chi connectivity index (χ1n) is 6.59. The number of hydrogen-bond acceptors (Lipinski definition) is 5. The monoisotopic (exact) mass is 292 g/mol. The van der Waals surface area contributed by atoms with E-state index >= 15 is 0 Å². The first kappa shape index (κ1) is 14.8. The number of nitrogens with one attached hydrogen (secondary N) is 1. The summed E-state index contributed by atoms with van der Waals surface area (Å²) in [6.45, 7) is 1.31. The van der Waals surface area contributed by atoms with E-state index in [9.17, 15) is 19.7 Å². The Bertz CT molecular complexity index is 582. The molecule has 1 saturated heterocycles. The molecule has 0 spiro atoms. The molecule has 1 aromatic rings. The zero-order valence-corrected chi connectivity index (χ0v) is 11.4. The van der Waals surface area contributed by atoms with Gasteiger partial charge >= 0.3 is 0 Å². The van der Waals surface area contributed by atoms with Crippen LogP contribution in [0.1, 0.15) is 23.2 Å². The third-order valence-electron chi connectivity index (χ3n) is 3.35. The first-order chi connectivity index (χ1) is 9.99. The van der Waals surface area contributed by atoms with Crippen LogP contribution in [-0.4, -0.2) is 41.3 Å². The van der Waals surface area contributed by atoms with E-state index in [1.165, 1.54) is 12.1 Å². The van der Waals surface area contributed by atoms with Crippen LogP contribution < -0.4 is 11.1 Å². The lowest BCUT2D eigenvalue weighted by Gasteiger charge is -2.15. The van der Waals surface area contributed by atoms with Crippen LogP contribution in [0.25, 0.3) is 0 Å². The fraction of sp³-hybridized carbons (Fsp3) is 0.385. The maximum atomic E-state index is 11.9. The Hall–Kier alpha value is -2.64. The fourth-order valence-corrected chi connectivity index (χ4v) is 2.18. The van der Waals surface area contributed by atoms with Gasteiger partial charge in [0.05, 0.1) is 11.5 Å². The molecular formula is C13H16N4O4. The summed E-state index contributed by atoms with van der Waals surface area (Å²) in [6, 6.07) is 3.79. The lowest BCUT2D eigenvalue weighted by atomic mass is 10.1. The van der Waals surface area contributed by atoms with Gasteiger partial charge in [-0.3, -0.25) is 19.7 Å². The highest BCUT2D eigenvalue weighted by Crippen LogP contribution is 2.22. The standard InChI is InChI=1S/C13H16N4O4/c14-10-4-3-9(7-11(10)17(20)21)13(19)15-8-12(18)16-5-1-2-6-16/h3-4,7H,1-2,5-6,8,14H2,(H,15,19). The topological polar surface area (TPSA) is 119 Å². The zero-order valence-electron chi connectivity index (χ0n) is 11.4. The Labute approximate surface area is 121 Å². The molecule has 1 aliphatic heterocycles. The predicted octanol–water partition coefficient (Wildman–Crippen LogP) is 0.529. The molecule has 1 fully saturated rings. The van der Waals surface area contributed by atoms with E-state index in [1.54, 1.807) is 4.90 Å². The summed E-state index contributed by atoms with van der Waals surface area (Å²) in [5, 5.41) is 13.2. The van der Waals surface area contributed by atoms with Crippen molar-refractivity contribution in [2.75, 3.05) is 25.4 Å². The van der Waals surface area contributed by atoms with Crippen LogP contribution in [-0.2, 0) is 4.79 Å². The third kappa shape index (κ3) is 3.47. The van der Waals surface area contributed by atoms with Gasteiger partial charge in [-0.25, -0.2) is 0 Å². The van der Waals surface area contributed by atoms with Crippen molar-refractivity contribution in [2.24, 2.45) is 0 Å². The summed E-state index contributed by atoms with van der Waals surface area (Å²) < 4.78 is 0. The number of nitro benzene ring substituents is 1. The van der Waals surface area contributed by atoms with Gasteiger partial charge in [0.1, 0.15) is 5.69 Å². The van der Waals surface area contributed by atoms with E-state index < -0.39 is 10.8 Å². The molecular weight excluding hydrogens is 276 g/mol. The van der Waals surface area contributed by atoms with Gasteiger partial charge in [0.15, 0.2) is 0 Å². The number of anilines is 1. The molecule has 1 aliphatic rings. The van der Waals surface area contributed by atoms with Gasteiger partial charge in [-0.1, -0.05) is 0 Å². The molecule has 0 aliphatic carbocycles. The van der Waals surface area contributed by atoms with Crippen LogP contribution in [0, 0.1) is 10.1 Å². The maximum Gasteiger partial charge on any atom is 0.292 e. The van der Waals surface area contributed by atoms with E-state index in [2.05, 4.69) is 5.32 Å². The molecule has 0 saturated carbocycles. The van der Waals surface area contributed by atoms with Crippen molar-refractivity contribution in [1.29, 1.82) is 0 Å². The molecule has 2 amide bonds. The van der Waals surface area contributed by atoms with Crippen molar-refractivity contribution in [3.8, 4) is 0 Å². The number of likely N-dealkylation sites (tertiary alicyclic amines) is 1. The fourth-order valence-electron chi connectivity index (χ4n) is 2.18. The van der Waals surface area contributed by atoms with E-state index in [0.29, 0.717) is 13.1 Å². The smallest absolute Gasteiger partial charge is 0.292 e. The van der Waals surface area contributed by atoms with E-state index in [-0.39, 0.29) is 29.4 Å². The summed E-state index contributed by atoms with van der Waals surface area (Å²) in [4.78, 5) is 35.5. The largest absolute Gasteiger partial charge is 0.393 e. The van der Waals surface area contributed by atoms with Crippen molar-refractivity contribution in [1.82, 2.24) is 10.2 Å². The zero-order chi connectivity index (χ0) is 15.4. The summed E-state index contributed by atoms with van der Waals surface area (Å²) in [6.07, 6.45) is 1.95. The summed E-state index contributed by atoms with van der Waals surface area (Å²) in [5.41, 5.74) is 5.23. The lowest BCUT2D eigenvalue weighted by molar-refractivity contribution is -0.383. The highest BCUT2D eigenvalue weighted by molar-refractivity contribution is 5.97. The van der Waals surface area contributed by atoms with Gasteiger partial charge in [0.25, 0.3) is 11.6 Å². The first-order valence-corrected chi connectivity index (χ1v) is 6.59. The van der Waals surface area contributed by atoms with Crippen LogP contribution >= 0.6 is 0 Å². The normalized spacial score (nSPS) is 14.0. The third-order valence-corrected chi connectivity index (χ3v) is 3.35. The van der Waals surface area contributed by atoms with Crippen LogP contribution in [0.4, 0.5) is 11.4 Å². The maximum absolute atomic E-state index is 11.9. The van der Waals surface area contributed by atoms with Gasteiger partial charge in [-0.15, -0.1) is 0 Å². The Morgan fingerprint density at radius 3 is 2.62 bits per heavy atom. The van der Waals surface area contributed by atoms with Gasteiger partial charge in [-0.2, -0.15) is 0 Å². The van der Waals surface area contributed by atoms with Gasteiger partial charge in [-0.05, 0) is 25.0 Å². The van der Waals surface area contributed by atoms with Crippen LogP contribution in [0.15, 0.2) is 18.2 Å². The average molecular weight is 292 g/mol. The molecule has 0 aromatic heterocycles. The number of benzene rings is 1. The Morgan fingerprint density at radius 2 is 2.00 bits per heavy atom. The van der Waals surface area contributed by atoms with Crippen molar-refractivity contribution >= 4 is 23.2 Å². The van der Waals surface area contributed by atoms with Crippen LogP contribution in [0.3, 0.4) is 0 Å². The minimum absolute atomic E-state index is 0.00954. The van der Waals surface area contributed by atoms with E-state index in [0.717, 1.165) is 18.9 Å². The van der Waals surface area contributed by atoms with Crippen molar-refractivity contribution in [2.45, 2.75) is 12.8 Å². The molecule has 0 radical (unpaired) electrons. The summed E-state index contributed by atoms with van der Waals surface area (Å²) in [5.74, 6) is -0.684. The second-order valence-corrected chi connectivity index (χ2v) is 4.80. The van der Waals surface area contributed by atoms with Crippen molar-refractivity contribution < 1.29 is 14.5 Å². The number of rotatable bonds is 4. The molecule has 1 heterocycles. The molecule has 0 unspecified atom stereocenters. The number of nitro groups is 1. The summed E-state index contributed by atoms with van der Waals surface area (Å²) >= 11 is 0. The van der Waals surface area contributed by atoms with Crippen molar-refractivity contribution in [3.63, 3.8) is 0 Å². The number of amides is 2.